The van der Waals surface area contributed by atoms with Crippen LogP contribution in [0.1, 0.15) is 25.0 Å². The lowest BCUT2D eigenvalue weighted by molar-refractivity contribution is 0.667. The Balaban J connectivity index is 1.14. The molecule has 0 N–H and O–H groups in total. The normalized spacial score (nSPS) is 13.5. The minimum absolute atomic E-state index is 0.159. The van der Waals surface area contributed by atoms with Crippen LogP contribution in [0.15, 0.2) is 164 Å². The first-order valence-corrected chi connectivity index (χ1v) is 18.8. The second kappa shape index (κ2) is 10.6. The highest BCUT2D eigenvalue weighted by molar-refractivity contribution is 6.20. The molecule has 0 unspecified atom stereocenters. The van der Waals surface area contributed by atoms with Gasteiger partial charge in [0.1, 0.15) is 0 Å². The molecule has 0 bridgehead atoms. The minimum Gasteiger partial charge on any atom is -0.309 e. The van der Waals surface area contributed by atoms with Crippen molar-refractivity contribution in [1.29, 1.82) is 0 Å². The van der Waals surface area contributed by atoms with Gasteiger partial charge in [0.2, 0.25) is 0 Å². The van der Waals surface area contributed by atoms with E-state index in [1.165, 1.54) is 76.9 Å². The fourth-order valence-corrected chi connectivity index (χ4v) is 9.74. The van der Waals surface area contributed by atoms with Crippen LogP contribution in [0.25, 0.3) is 105 Å². The minimum atomic E-state index is -0.159. The number of hydrogen-bond acceptors (Lipinski definition) is 2. The first-order valence-electron chi connectivity index (χ1n) is 18.8. The van der Waals surface area contributed by atoms with Gasteiger partial charge in [0, 0.05) is 49.2 Å². The second-order valence-electron chi connectivity index (χ2n) is 15.3. The average Bonchev–Trinajstić information content (AvgIpc) is 3.81. The molecule has 0 fully saturated rings. The lowest BCUT2D eigenvalue weighted by atomic mass is 9.80. The zero-order chi connectivity index (χ0) is 35.7. The predicted octanol–water partition coefficient (Wildman–Crippen LogP) is 13.2. The van der Waals surface area contributed by atoms with Crippen LogP contribution in [0.4, 0.5) is 0 Å². The molecule has 0 spiro atoms. The van der Waals surface area contributed by atoms with Crippen LogP contribution in [0, 0.1) is 0 Å². The number of para-hydroxylation sites is 1. The van der Waals surface area contributed by atoms with E-state index >= 15 is 0 Å². The Morgan fingerprint density at radius 3 is 1.98 bits per heavy atom. The smallest absolute Gasteiger partial charge is 0.160 e. The molecule has 54 heavy (non-hydrogen) atoms. The van der Waals surface area contributed by atoms with Crippen molar-refractivity contribution < 1.29 is 0 Å². The Morgan fingerprint density at radius 2 is 1.15 bits per heavy atom. The van der Waals surface area contributed by atoms with Crippen molar-refractivity contribution in [2.75, 3.05) is 0 Å². The molecule has 0 atom stereocenters. The van der Waals surface area contributed by atoms with Crippen molar-refractivity contribution in [3.8, 4) is 61.8 Å². The summed E-state index contributed by atoms with van der Waals surface area (Å²) in [6.07, 6.45) is 0. The number of aromatic nitrogens is 3. The van der Waals surface area contributed by atoms with Crippen molar-refractivity contribution >= 4 is 43.4 Å². The number of benzene rings is 8. The largest absolute Gasteiger partial charge is 0.309 e. The van der Waals surface area contributed by atoms with Crippen molar-refractivity contribution in [3.05, 3.63) is 175 Å². The maximum absolute atomic E-state index is 5.32. The topological polar surface area (TPSA) is 30.7 Å². The second-order valence-corrected chi connectivity index (χ2v) is 15.3. The van der Waals surface area contributed by atoms with Gasteiger partial charge in [0.25, 0.3) is 0 Å². The lowest BCUT2D eigenvalue weighted by Gasteiger charge is -2.23. The predicted molar refractivity (Wildman–Crippen MR) is 224 cm³/mol. The van der Waals surface area contributed by atoms with Crippen molar-refractivity contribution in [2.45, 2.75) is 19.3 Å². The van der Waals surface area contributed by atoms with E-state index in [-0.39, 0.29) is 5.41 Å². The molecular weight excluding hydrogens is 655 g/mol. The van der Waals surface area contributed by atoms with E-state index in [9.17, 15) is 0 Å². The summed E-state index contributed by atoms with van der Waals surface area (Å²) < 4.78 is 2.51. The summed E-state index contributed by atoms with van der Waals surface area (Å²) in [6.45, 7) is 4.79. The van der Waals surface area contributed by atoms with Crippen LogP contribution in [-0.2, 0) is 5.41 Å². The SMILES string of the molecule is CC1(C)c2cc3c(cc2-c2ccc4ccccc4c21)c1ccccc1n3-c1ccc2c3c(cccc13)-c1nc(-c3ccccc3)nc(-c3ccccc3)c1-2. The summed E-state index contributed by atoms with van der Waals surface area (Å²) in [7, 11) is 0. The highest BCUT2D eigenvalue weighted by Crippen LogP contribution is 2.55. The third-order valence-electron chi connectivity index (χ3n) is 12.1. The van der Waals surface area contributed by atoms with Gasteiger partial charge in [-0.15, -0.1) is 0 Å². The standard InChI is InChI=1S/C51H33N3/c1-51(2)41-29-44-40(28-39(41)35-25-24-30-14-9-10-19-33(30)47(35)51)34-20-11-12-23-42(34)54(44)43-27-26-37-45-36(43)21-13-22-38(45)49-46(37)48(31-15-5-3-6-16-31)52-50(53-49)32-17-7-4-8-18-32/h3-29H,1-2H3. The molecule has 2 aromatic heterocycles. The molecule has 0 amide bonds. The van der Waals surface area contributed by atoms with Crippen molar-refractivity contribution in [1.82, 2.24) is 14.5 Å². The quantitative estimate of drug-likeness (QED) is 0.185. The third kappa shape index (κ3) is 3.85. The van der Waals surface area contributed by atoms with E-state index in [4.69, 9.17) is 9.97 Å². The highest BCUT2D eigenvalue weighted by atomic mass is 15.0. The molecule has 3 heteroatoms. The molecular formula is C51H33N3. The van der Waals surface area contributed by atoms with Gasteiger partial charge < -0.3 is 4.57 Å². The Morgan fingerprint density at radius 1 is 0.463 bits per heavy atom. The fraction of sp³-hybridized carbons (Fsp3) is 0.0588. The molecule has 10 aromatic rings. The molecule has 12 rings (SSSR count). The zero-order valence-corrected chi connectivity index (χ0v) is 29.9. The van der Waals surface area contributed by atoms with Crippen LogP contribution >= 0.6 is 0 Å². The van der Waals surface area contributed by atoms with Gasteiger partial charge in [-0.1, -0.05) is 153 Å². The number of nitrogens with zero attached hydrogens (tertiary/aromatic N) is 3. The summed E-state index contributed by atoms with van der Waals surface area (Å²) in [5, 5.41) is 7.61. The Hall–Kier alpha value is -6.84. The highest BCUT2D eigenvalue weighted by Gasteiger charge is 2.38. The molecule has 3 nitrogen and oxygen atoms in total. The molecule has 2 aliphatic rings. The Labute approximate surface area is 312 Å². The van der Waals surface area contributed by atoms with Crippen molar-refractivity contribution in [3.63, 3.8) is 0 Å². The first kappa shape index (κ1) is 29.7. The van der Waals surface area contributed by atoms with Gasteiger partial charge in [-0.25, -0.2) is 9.97 Å². The van der Waals surface area contributed by atoms with Gasteiger partial charge in [-0.2, -0.15) is 0 Å². The summed E-state index contributed by atoms with van der Waals surface area (Å²) in [5.41, 5.74) is 16.4. The van der Waals surface area contributed by atoms with E-state index in [0.717, 1.165) is 39.5 Å². The molecule has 0 saturated carbocycles. The summed E-state index contributed by atoms with van der Waals surface area (Å²) in [6, 6.07) is 59.6. The zero-order valence-electron chi connectivity index (χ0n) is 29.9. The van der Waals surface area contributed by atoms with Crippen LogP contribution in [0.3, 0.4) is 0 Å². The summed E-state index contributed by atoms with van der Waals surface area (Å²) in [4.78, 5) is 10.6. The number of fused-ring (bicyclic) bond motifs is 11. The van der Waals surface area contributed by atoms with E-state index in [0.29, 0.717) is 0 Å². The fourth-order valence-electron chi connectivity index (χ4n) is 9.74. The average molecular weight is 688 g/mol. The van der Waals surface area contributed by atoms with E-state index < -0.39 is 0 Å². The molecule has 2 heterocycles. The van der Waals surface area contributed by atoms with Crippen LogP contribution in [-0.4, -0.2) is 14.5 Å². The van der Waals surface area contributed by atoms with Gasteiger partial charge in [0.05, 0.1) is 28.1 Å². The Bertz CT molecular complexity index is 3220. The molecule has 2 aliphatic carbocycles. The summed E-state index contributed by atoms with van der Waals surface area (Å²) >= 11 is 0. The maximum atomic E-state index is 5.32. The van der Waals surface area contributed by atoms with Crippen LogP contribution in [0.2, 0.25) is 0 Å². The number of rotatable bonds is 3. The van der Waals surface area contributed by atoms with E-state index in [1.807, 2.05) is 6.07 Å². The molecule has 252 valence electrons. The van der Waals surface area contributed by atoms with Gasteiger partial charge in [-0.3, -0.25) is 0 Å². The molecule has 0 radical (unpaired) electrons. The molecule has 0 aliphatic heterocycles. The summed E-state index contributed by atoms with van der Waals surface area (Å²) in [5.74, 6) is 0.742. The monoisotopic (exact) mass is 687 g/mol. The first-order chi connectivity index (χ1) is 26.6. The molecule has 0 saturated heterocycles. The van der Waals surface area contributed by atoms with E-state index in [2.05, 4.69) is 176 Å². The lowest BCUT2D eigenvalue weighted by Crippen LogP contribution is -2.15. The van der Waals surface area contributed by atoms with Crippen molar-refractivity contribution in [2.24, 2.45) is 0 Å². The van der Waals surface area contributed by atoms with Crippen LogP contribution < -0.4 is 0 Å². The number of hydrogen-bond donors (Lipinski definition) is 0. The van der Waals surface area contributed by atoms with Gasteiger partial charge >= 0.3 is 0 Å². The Kier molecular flexibility index (Phi) is 5.84. The maximum Gasteiger partial charge on any atom is 0.160 e. The third-order valence-corrected chi connectivity index (χ3v) is 12.1. The van der Waals surface area contributed by atoms with Gasteiger partial charge in [0.15, 0.2) is 5.82 Å². The van der Waals surface area contributed by atoms with E-state index in [1.54, 1.807) is 0 Å². The molecule has 8 aromatic carbocycles. The van der Waals surface area contributed by atoms with Gasteiger partial charge in [-0.05, 0) is 62.9 Å². The van der Waals surface area contributed by atoms with Crippen LogP contribution in [0.5, 0.6) is 0 Å².